The van der Waals surface area contributed by atoms with Crippen LogP contribution in [0.1, 0.15) is 25.3 Å². The summed E-state index contributed by atoms with van der Waals surface area (Å²) in [5.74, 6) is -0.879. The summed E-state index contributed by atoms with van der Waals surface area (Å²) in [5.41, 5.74) is 0.198. The molecular weight excluding hydrogens is 350 g/mol. The van der Waals surface area contributed by atoms with Crippen molar-refractivity contribution >= 4 is 17.9 Å². The van der Waals surface area contributed by atoms with Crippen molar-refractivity contribution < 1.29 is 24.2 Å². The van der Waals surface area contributed by atoms with Crippen LogP contribution < -0.4 is 5.32 Å². The van der Waals surface area contributed by atoms with E-state index in [4.69, 9.17) is 4.74 Å². The molecule has 2 fully saturated rings. The molecule has 0 radical (unpaired) electrons. The summed E-state index contributed by atoms with van der Waals surface area (Å²) in [5, 5.41) is 12.3. The second-order valence-corrected chi connectivity index (χ2v) is 7.21. The molecular formula is C19H25N3O5. The van der Waals surface area contributed by atoms with Gasteiger partial charge in [0.25, 0.3) is 11.8 Å². The maximum absolute atomic E-state index is 12.7. The van der Waals surface area contributed by atoms with E-state index in [-0.39, 0.29) is 19.1 Å². The van der Waals surface area contributed by atoms with E-state index in [1.165, 1.54) is 6.92 Å². The number of hydrogen-bond donors (Lipinski definition) is 2. The number of imide groups is 1. The number of alkyl carbamates (subject to hydrolysis) is 1. The zero-order chi connectivity index (χ0) is 19.6. The predicted octanol–water partition coefficient (Wildman–Crippen LogP) is 0.495. The third-order valence-corrected chi connectivity index (χ3v) is 5.38. The van der Waals surface area contributed by atoms with Crippen LogP contribution in [0, 0.1) is 0 Å². The van der Waals surface area contributed by atoms with Crippen LogP contribution >= 0.6 is 0 Å². The highest BCUT2D eigenvalue weighted by Crippen LogP contribution is 2.38. The normalized spacial score (nSPS) is 24.4. The van der Waals surface area contributed by atoms with Crippen LogP contribution in [0.15, 0.2) is 30.3 Å². The molecule has 1 spiro atoms. The highest BCUT2D eigenvalue weighted by Gasteiger charge is 2.59. The molecule has 0 aromatic heterocycles. The average molecular weight is 375 g/mol. The first-order valence-corrected chi connectivity index (χ1v) is 9.07. The number of amides is 3. The first-order valence-electron chi connectivity index (χ1n) is 9.07. The van der Waals surface area contributed by atoms with Crippen LogP contribution in [0.2, 0.25) is 0 Å². The van der Waals surface area contributed by atoms with E-state index in [1.54, 1.807) is 12.1 Å². The van der Waals surface area contributed by atoms with Crippen LogP contribution in [0.5, 0.6) is 0 Å². The Bertz CT molecular complexity index is 723. The number of likely N-dealkylation sites (N-methyl/N-ethyl adjacent to an activating group) is 1. The van der Waals surface area contributed by atoms with Gasteiger partial charge in [0.2, 0.25) is 0 Å². The van der Waals surface area contributed by atoms with Crippen molar-refractivity contribution in [2.45, 2.75) is 44.1 Å². The fourth-order valence-electron chi connectivity index (χ4n) is 3.67. The van der Waals surface area contributed by atoms with E-state index >= 15 is 0 Å². The molecule has 2 heterocycles. The molecule has 3 amide bonds. The molecule has 2 aliphatic rings. The minimum absolute atomic E-state index is 0.0456. The maximum Gasteiger partial charge on any atom is 0.408 e. The summed E-state index contributed by atoms with van der Waals surface area (Å²) in [7, 11) is 1.87. The van der Waals surface area contributed by atoms with Crippen molar-refractivity contribution in [3.05, 3.63) is 35.9 Å². The minimum Gasteiger partial charge on any atom is -0.445 e. The Balaban J connectivity index is 1.58. The van der Waals surface area contributed by atoms with Crippen molar-refractivity contribution in [3.8, 4) is 0 Å². The number of carbonyl (C=O) groups excluding carboxylic acids is 3. The third kappa shape index (κ3) is 3.68. The summed E-state index contributed by atoms with van der Waals surface area (Å²) in [6, 6.07) is 7.88. The van der Waals surface area contributed by atoms with Gasteiger partial charge in [-0.2, -0.15) is 0 Å². The zero-order valence-corrected chi connectivity index (χ0v) is 15.6. The van der Waals surface area contributed by atoms with Gasteiger partial charge in [0, 0.05) is 0 Å². The molecule has 8 nitrogen and oxygen atoms in total. The Morgan fingerprint density at radius 1 is 1.33 bits per heavy atom. The highest BCUT2D eigenvalue weighted by atomic mass is 16.5. The fraction of sp³-hybridized carbons (Fsp3) is 0.526. The Hall–Kier alpha value is -2.45. The number of rotatable bonds is 5. The zero-order valence-electron chi connectivity index (χ0n) is 15.6. The summed E-state index contributed by atoms with van der Waals surface area (Å²) < 4.78 is 5.10. The molecule has 2 N–H and O–H groups in total. The summed E-state index contributed by atoms with van der Waals surface area (Å²) in [6.07, 6.45) is -0.349. The second-order valence-electron chi connectivity index (χ2n) is 7.21. The van der Waals surface area contributed by atoms with Crippen LogP contribution in [-0.4, -0.2) is 70.6 Å². The number of ether oxygens (including phenoxy) is 1. The Labute approximate surface area is 158 Å². The topological polar surface area (TPSA) is 99.2 Å². The molecule has 146 valence electrons. The summed E-state index contributed by atoms with van der Waals surface area (Å²) in [4.78, 5) is 40.4. The van der Waals surface area contributed by atoms with E-state index in [9.17, 15) is 19.5 Å². The number of benzene rings is 1. The van der Waals surface area contributed by atoms with Crippen LogP contribution in [-0.2, 0) is 20.9 Å². The van der Waals surface area contributed by atoms with E-state index in [2.05, 4.69) is 5.32 Å². The lowest BCUT2D eigenvalue weighted by molar-refractivity contribution is -0.170. The molecule has 8 heteroatoms. The Morgan fingerprint density at radius 2 is 2.04 bits per heavy atom. The number of β-lactam (4-membered cyclic amide) rings is 1. The van der Waals surface area contributed by atoms with Gasteiger partial charge in [0.1, 0.15) is 18.2 Å². The minimum atomic E-state index is -1.23. The van der Waals surface area contributed by atoms with E-state index in [1.807, 2.05) is 30.1 Å². The SMILES string of the molecule is CC(O)C(NC(=O)OCc1ccccc1)C(=O)N1CC2(CCCN2C)C1=O. The standard InChI is InChI=1S/C19H25N3O5/c1-13(23)15(20-18(26)27-11-14-7-4-3-5-8-14)16(24)22-12-19(17(22)25)9-6-10-21(19)2/h3-5,7-8,13,15,23H,6,9-12H2,1-2H3,(H,20,26). The number of nitrogens with one attached hydrogen (secondary N) is 1. The van der Waals surface area contributed by atoms with Gasteiger partial charge in [-0.3, -0.25) is 19.4 Å². The monoisotopic (exact) mass is 375 g/mol. The predicted molar refractivity (Wildman–Crippen MR) is 96.5 cm³/mol. The molecule has 3 rings (SSSR count). The molecule has 1 aromatic carbocycles. The fourth-order valence-corrected chi connectivity index (χ4v) is 3.67. The van der Waals surface area contributed by atoms with Gasteiger partial charge in [-0.15, -0.1) is 0 Å². The lowest BCUT2D eigenvalue weighted by atomic mass is 9.85. The largest absolute Gasteiger partial charge is 0.445 e. The molecule has 3 atom stereocenters. The Kier molecular flexibility index (Phi) is 5.48. The molecule has 1 aromatic rings. The Morgan fingerprint density at radius 3 is 2.59 bits per heavy atom. The van der Waals surface area contributed by atoms with Gasteiger partial charge >= 0.3 is 6.09 Å². The van der Waals surface area contributed by atoms with E-state index in [0.29, 0.717) is 0 Å². The van der Waals surface area contributed by atoms with Crippen LogP contribution in [0.3, 0.4) is 0 Å². The van der Waals surface area contributed by atoms with Crippen molar-refractivity contribution in [1.82, 2.24) is 15.1 Å². The molecule has 3 unspecified atom stereocenters. The molecule has 2 aliphatic heterocycles. The molecule has 2 saturated heterocycles. The van der Waals surface area contributed by atoms with Crippen LogP contribution in [0.25, 0.3) is 0 Å². The van der Waals surface area contributed by atoms with E-state index < -0.39 is 29.7 Å². The van der Waals surface area contributed by atoms with Crippen LogP contribution in [0.4, 0.5) is 4.79 Å². The molecule has 0 aliphatic carbocycles. The van der Waals surface area contributed by atoms with Crippen molar-refractivity contribution in [1.29, 1.82) is 0 Å². The molecule has 0 bridgehead atoms. The van der Waals surface area contributed by atoms with Crippen molar-refractivity contribution in [2.75, 3.05) is 20.1 Å². The molecule has 0 saturated carbocycles. The van der Waals surface area contributed by atoms with Crippen molar-refractivity contribution in [3.63, 3.8) is 0 Å². The smallest absolute Gasteiger partial charge is 0.408 e. The third-order valence-electron chi connectivity index (χ3n) is 5.38. The van der Waals surface area contributed by atoms with E-state index in [0.717, 1.165) is 29.8 Å². The van der Waals surface area contributed by atoms with Gasteiger partial charge in [-0.05, 0) is 38.9 Å². The van der Waals surface area contributed by atoms with Gasteiger partial charge in [0.15, 0.2) is 0 Å². The maximum atomic E-state index is 12.7. The highest BCUT2D eigenvalue weighted by molar-refractivity contribution is 6.08. The van der Waals surface area contributed by atoms with Gasteiger partial charge < -0.3 is 15.2 Å². The van der Waals surface area contributed by atoms with Gasteiger partial charge in [0.05, 0.1) is 12.6 Å². The number of nitrogens with zero attached hydrogens (tertiary/aromatic N) is 2. The van der Waals surface area contributed by atoms with Gasteiger partial charge in [-0.1, -0.05) is 30.3 Å². The number of aliphatic hydroxyl groups excluding tert-OH is 1. The lowest BCUT2D eigenvalue weighted by Crippen LogP contribution is -2.74. The first kappa shape index (κ1) is 19.3. The van der Waals surface area contributed by atoms with Crippen molar-refractivity contribution in [2.24, 2.45) is 0 Å². The number of likely N-dealkylation sites (tertiary alicyclic amines) is 2. The number of carbonyl (C=O) groups is 3. The number of aliphatic hydroxyl groups is 1. The second kappa shape index (κ2) is 7.66. The summed E-state index contributed by atoms with van der Waals surface area (Å²) in [6.45, 7) is 2.54. The number of hydrogen-bond acceptors (Lipinski definition) is 6. The van der Waals surface area contributed by atoms with Gasteiger partial charge in [-0.25, -0.2) is 4.79 Å². The average Bonchev–Trinajstić information content (AvgIpc) is 3.05. The first-order chi connectivity index (χ1) is 12.8. The quantitative estimate of drug-likeness (QED) is 0.727. The molecule has 27 heavy (non-hydrogen) atoms. The lowest BCUT2D eigenvalue weighted by Gasteiger charge is -2.49. The summed E-state index contributed by atoms with van der Waals surface area (Å²) >= 11 is 0.